The number of anilines is 1. The van der Waals surface area contributed by atoms with Crippen molar-refractivity contribution in [1.29, 1.82) is 5.26 Å². The molecular formula is C25H28N8. The molecule has 4 aromatic rings. The summed E-state index contributed by atoms with van der Waals surface area (Å²) < 4.78 is 1.87. The van der Waals surface area contributed by atoms with Gasteiger partial charge in [0.25, 0.3) is 0 Å². The lowest BCUT2D eigenvalue weighted by Crippen LogP contribution is -2.48. The number of rotatable bonds is 9. The normalized spacial score (nSPS) is 17.6. The minimum Gasteiger partial charge on any atom is -0.381 e. The molecule has 0 atom stereocenters. The molecule has 5 N–H and O–H groups in total. The Morgan fingerprint density at radius 2 is 2.12 bits per heavy atom. The summed E-state index contributed by atoms with van der Waals surface area (Å²) >= 11 is 0. The van der Waals surface area contributed by atoms with E-state index in [4.69, 9.17) is 11.0 Å². The molecule has 33 heavy (non-hydrogen) atoms. The van der Waals surface area contributed by atoms with Crippen molar-refractivity contribution in [3.05, 3.63) is 66.1 Å². The van der Waals surface area contributed by atoms with Gasteiger partial charge in [0.15, 0.2) is 0 Å². The third-order valence-electron chi connectivity index (χ3n) is 6.25. The van der Waals surface area contributed by atoms with Crippen LogP contribution in [0.5, 0.6) is 0 Å². The van der Waals surface area contributed by atoms with E-state index >= 15 is 0 Å². The lowest BCUT2D eigenvalue weighted by molar-refractivity contribution is 0.311. The van der Waals surface area contributed by atoms with Gasteiger partial charge < -0.3 is 21.4 Å². The molecule has 5 rings (SSSR count). The van der Waals surface area contributed by atoms with Gasteiger partial charge >= 0.3 is 0 Å². The zero-order valence-corrected chi connectivity index (χ0v) is 18.5. The first-order valence-corrected chi connectivity index (χ1v) is 11.4. The summed E-state index contributed by atoms with van der Waals surface area (Å²) in [6, 6.07) is 15.0. The number of aromatic nitrogens is 4. The SMILES string of the molecule is N#Cc1cccc(CCN[C@H]2C[C@@H](Nc3c(-c4ccn(CCN)n4)cnc4[nH]ccc34)C2)c1. The van der Waals surface area contributed by atoms with Gasteiger partial charge in [-0.3, -0.25) is 4.68 Å². The maximum atomic E-state index is 9.05. The average molecular weight is 441 g/mol. The molecule has 8 nitrogen and oxygen atoms in total. The smallest absolute Gasteiger partial charge is 0.139 e. The minimum atomic E-state index is 0.398. The summed E-state index contributed by atoms with van der Waals surface area (Å²) in [6.45, 7) is 2.16. The van der Waals surface area contributed by atoms with Gasteiger partial charge in [-0.25, -0.2) is 4.98 Å². The van der Waals surface area contributed by atoms with E-state index in [2.05, 4.69) is 43.9 Å². The van der Waals surface area contributed by atoms with Crippen molar-refractivity contribution in [2.45, 2.75) is 37.9 Å². The third kappa shape index (κ3) is 4.60. The maximum Gasteiger partial charge on any atom is 0.139 e. The Balaban J connectivity index is 1.22. The predicted molar refractivity (Wildman–Crippen MR) is 130 cm³/mol. The molecule has 1 aliphatic carbocycles. The van der Waals surface area contributed by atoms with E-state index in [0.717, 1.165) is 59.3 Å². The van der Waals surface area contributed by atoms with Crippen molar-refractivity contribution in [3.8, 4) is 17.3 Å². The predicted octanol–water partition coefficient (Wildman–Crippen LogP) is 3.03. The molecule has 3 aromatic heterocycles. The molecule has 0 radical (unpaired) electrons. The van der Waals surface area contributed by atoms with Gasteiger partial charge in [0.1, 0.15) is 5.65 Å². The second-order valence-corrected chi connectivity index (χ2v) is 8.57. The zero-order valence-electron chi connectivity index (χ0n) is 18.5. The number of nitrogens with one attached hydrogen (secondary N) is 3. The van der Waals surface area contributed by atoms with Crippen LogP contribution in [0.2, 0.25) is 0 Å². The Morgan fingerprint density at radius 1 is 1.21 bits per heavy atom. The number of fused-ring (bicyclic) bond motifs is 1. The number of H-pyrrole nitrogens is 1. The molecule has 1 saturated carbocycles. The van der Waals surface area contributed by atoms with Crippen LogP contribution in [0.3, 0.4) is 0 Å². The van der Waals surface area contributed by atoms with Crippen LogP contribution in [0.1, 0.15) is 24.0 Å². The van der Waals surface area contributed by atoms with E-state index in [1.807, 2.05) is 47.5 Å². The van der Waals surface area contributed by atoms with E-state index in [-0.39, 0.29) is 0 Å². The van der Waals surface area contributed by atoms with Crippen LogP contribution in [-0.2, 0) is 13.0 Å². The van der Waals surface area contributed by atoms with Crippen LogP contribution in [0.15, 0.2) is 55.0 Å². The van der Waals surface area contributed by atoms with Crippen LogP contribution in [0, 0.1) is 11.3 Å². The summed E-state index contributed by atoms with van der Waals surface area (Å²) in [6.07, 6.45) is 8.82. The van der Waals surface area contributed by atoms with Crippen LogP contribution >= 0.6 is 0 Å². The second-order valence-electron chi connectivity index (χ2n) is 8.57. The van der Waals surface area contributed by atoms with Gasteiger partial charge in [-0.15, -0.1) is 0 Å². The topological polar surface area (TPSA) is 120 Å². The zero-order chi connectivity index (χ0) is 22.6. The van der Waals surface area contributed by atoms with Gasteiger partial charge in [-0.1, -0.05) is 12.1 Å². The van der Waals surface area contributed by atoms with E-state index in [1.54, 1.807) is 0 Å². The van der Waals surface area contributed by atoms with Gasteiger partial charge in [0.05, 0.1) is 29.6 Å². The summed E-state index contributed by atoms with van der Waals surface area (Å²) in [5.41, 5.74) is 11.4. The van der Waals surface area contributed by atoms with Gasteiger partial charge in [0.2, 0.25) is 0 Å². The van der Waals surface area contributed by atoms with Crippen LogP contribution in [-0.4, -0.2) is 44.9 Å². The van der Waals surface area contributed by atoms with Crippen molar-refractivity contribution in [1.82, 2.24) is 25.1 Å². The number of benzene rings is 1. The molecule has 1 fully saturated rings. The van der Waals surface area contributed by atoms with Gasteiger partial charge in [0, 0.05) is 48.2 Å². The Kier molecular flexibility index (Phi) is 6.07. The number of hydrogen-bond donors (Lipinski definition) is 4. The lowest BCUT2D eigenvalue weighted by Gasteiger charge is -2.37. The average Bonchev–Trinajstić information content (AvgIpc) is 3.47. The maximum absolute atomic E-state index is 9.05. The Morgan fingerprint density at radius 3 is 2.97 bits per heavy atom. The van der Waals surface area contributed by atoms with Crippen LogP contribution in [0.25, 0.3) is 22.3 Å². The number of nitrogens with zero attached hydrogens (tertiary/aromatic N) is 4. The van der Waals surface area contributed by atoms with Gasteiger partial charge in [-0.2, -0.15) is 10.4 Å². The summed E-state index contributed by atoms with van der Waals surface area (Å²) in [5, 5.41) is 22.2. The molecule has 1 aromatic carbocycles. The quantitative estimate of drug-likeness (QED) is 0.318. The number of pyridine rings is 1. The van der Waals surface area contributed by atoms with Crippen molar-refractivity contribution in [2.75, 3.05) is 18.4 Å². The number of nitriles is 1. The molecular weight excluding hydrogens is 412 g/mol. The largest absolute Gasteiger partial charge is 0.381 e. The van der Waals surface area contributed by atoms with Crippen molar-refractivity contribution in [2.24, 2.45) is 5.73 Å². The molecule has 8 heteroatoms. The Bertz CT molecular complexity index is 1280. The molecule has 0 amide bonds. The number of hydrogen-bond acceptors (Lipinski definition) is 6. The van der Waals surface area contributed by atoms with Crippen molar-refractivity contribution in [3.63, 3.8) is 0 Å². The monoisotopic (exact) mass is 440 g/mol. The van der Waals surface area contributed by atoms with Crippen molar-refractivity contribution < 1.29 is 0 Å². The highest BCUT2D eigenvalue weighted by Gasteiger charge is 2.30. The fraction of sp³-hybridized carbons (Fsp3) is 0.320. The molecule has 0 saturated heterocycles. The number of aromatic amines is 1. The first-order chi connectivity index (χ1) is 16.2. The van der Waals surface area contributed by atoms with E-state index in [9.17, 15) is 0 Å². The summed E-state index contributed by atoms with van der Waals surface area (Å²) in [5.74, 6) is 0. The Hall–Kier alpha value is -3.67. The van der Waals surface area contributed by atoms with Crippen molar-refractivity contribution >= 4 is 16.7 Å². The molecule has 0 spiro atoms. The number of nitrogens with two attached hydrogens (primary N) is 1. The molecule has 3 heterocycles. The molecule has 0 aliphatic heterocycles. The highest BCUT2D eigenvalue weighted by atomic mass is 15.3. The molecule has 0 bridgehead atoms. The first kappa shape index (κ1) is 21.2. The standard InChI is InChI=1S/C25H28N8/c26-7-11-33-10-6-23(32-33)22-16-30-25-21(5-9-29-25)24(22)31-20-13-19(14-20)28-8-4-17-2-1-3-18(12-17)15-27/h1-3,5-6,9-10,12,16,19-20,28H,4,7-8,11,13-14,26H2,(H2,29,30,31)/t19-,20+. The van der Waals surface area contributed by atoms with Gasteiger partial charge in [-0.05, 0) is 55.6 Å². The minimum absolute atomic E-state index is 0.398. The van der Waals surface area contributed by atoms with E-state index < -0.39 is 0 Å². The highest BCUT2D eigenvalue weighted by Crippen LogP contribution is 2.35. The van der Waals surface area contributed by atoms with E-state index in [0.29, 0.717) is 25.2 Å². The fourth-order valence-corrected chi connectivity index (χ4v) is 4.44. The van der Waals surface area contributed by atoms with Crippen LogP contribution in [0.4, 0.5) is 5.69 Å². The second kappa shape index (κ2) is 9.45. The summed E-state index contributed by atoms with van der Waals surface area (Å²) in [7, 11) is 0. The lowest BCUT2D eigenvalue weighted by atomic mass is 9.86. The first-order valence-electron chi connectivity index (χ1n) is 11.4. The third-order valence-corrected chi connectivity index (χ3v) is 6.25. The van der Waals surface area contributed by atoms with Crippen LogP contribution < -0.4 is 16.4 Å². The Labute approximate surface area is 192 Å². The molecule has 168 valence electrons. The molecule has 0 unspecified atom stereocenters. The fourth-order valence-electron chi connectivity index (χ4n) is 4.44. The summed E-state index contributed by atoms with van der Waals surface area (Å²) in [4.78, 5) is 7.79. The molecule has 1 aliphatic rings. The highest BCUT2D eigenvalue weighted by molar-refractivity contribution is 5.97. The van der Waals surface area contributed by atoms with E-state index in [1.165, 1.54) is 5.56 Å².